The maximum absolute atomic E-state index is 12.8. The molecule has 3 nitrogen and oxygen atoms in total. The predicted octanol–water partition coefficient (Wildman–Crippen LogP) is 2.42. The van der Waals surface area contributed by atoms with Crippen molar-refractivity contribution >= 4 is 6.02 Å². The summed E-state index contributed by atoms with van der Waals surface area (Å²) < 4.78 is 17.9. The molecule has 1 heterocycles. The smallest absolute Gasteiger partial charge is 0.282 e. The van der Waals surface area contributed by atoms with Crippen molar-refractivity contribution in [2.45, 2.75) is 31.7 Å². The van der Waals surface area contributed by atoms with Crippen molar-refractivity contribution in [3.05, 3.63) is 35.6 Å². The number of hydrogen-bond donors (Lipinski definition) is 1. The van der Waals surface area contributed by atoms with Crippen molar-refractivity contribution in [1.29, 1.82) is 0 Å². The highest BCUT2D eigenvalue weighted by Crippen LogP contribution is 2.23. The van der Waals surface area contributed by atoms with E-state index in [0.29, 0.717) is 18.5 Å². The van der Waals surface area contributed by atoms with Gasteiger partial charge < -0.3 is 10.5 Å². The molecular weight excluding hydrogens is 219 g/mol. The number of benzene rings is 1. The van der Waals surface area contributed by atoms with Crippen molar-refractivity contribution in [2.75, 3.05) is 6.61 Å². The van der Waals surface area contributed by atoms with Crippen LogP contribution in [0.25, 0.3) is 0 Å². The van der Waals surface area contributed by atoms with Gasteiger partial charge in [0.2, 0.25) is 0 Å². The number of nitrogens with zero attached hydrogens (tertiary/aromatic N) is 1. The van der Waals surface area contributed by atoms with Crippen molar-refractivity contribution < 1.29 is 9.13 Å². The highest BCUT2D eigenvalue weighted by Gasteiger charge is 2.17. The Hall–Kier alpha value is -1.58. The molecule has 0 saturated carbocycles. The summed E-state index contributed by atoms with van der Waals surface area (Å²) in [4.78, 5) is 4.18. The molecule has 4 heteroatoms. The molecule has 17 heavy (non-hydrogen) atoms. The molecule has 2 N–H and O–H groups in total. The summed E-state index contributed by atoms with van der Waals surface area (Å²) in [6.07, 6.45) is 1.94. The zero-order valence-corrected chi connectivity index (χ0v) is 9.90. The number of nitrogens with two attached hydrogens (primary N) is 1. The summed E-state index contributed by atoms with van der Waals surface area (Å²) in [5.74, 6) is 0.204. The van der Waals surface area contributed by atoms with Crippen LogP contribution >= 0.6 is 0 Å². The van der Waals surface area contributed by atoms with Crippen LogP contribution in [-0.4, -0.2) is 18.7 Å². The summed E-state index contributed by atoms with van der Waals surface area (Å²) in [6, 6.07) is 7.15. The van der Waals surface area contributed by atoms with Crippen LogP contribution in [-0.2, 0) is 4.74 Å². The van der Waals surface area contributed by atoms with E-state index in [-0.39, 0.29) is 11.9 Å². The summed E-state index contributed by atoms with van der Waals surface area (Å²) in [6.45, 7) is 2.72. The largest absolute Gasteiger partial charge is 0.463 e. The molecule has 92 valence electrons. The Balaban J connectivity index is 1.85. The van der Waals surface area contributed by atoms with Gasteiger partial charge in [0.15, 0.2) is 0 Å². The first kappa shape index (κ1) is 11.9. The molecule has 0 unspecified atom stereocenters. The second-order valence-electron chi connectivity index (χ2n) is 4.46. The second-order valence-corrected chi connectivity index (χ2v) is 4.46. The summed E-state index contributed by atoms with van der Waals surface area (Å²) in [7, 11) is 0. The fourth-order valence-electron chi connectivity index (χ4n) is 1.98. The SMILES string of the molecule is C[C@H](CC[C@H]1COC(N)=N1)c1ccc(F)cc1. The van der Waals surface area contributed by atoms with Gasteiger partial charge in [-0.15, -0.1) is 0 Å². The maximum Gasteiger partial charge on any atom is 0.282 e. The van der Waals surface area contributed by atoms with Crippen LogP contribution in [0.2, 0.25) is 0 Å². The van der Waals surface area contributed by atoms with Gasteiger partial charge in [-0.05, 0) is 36.5 Å². The normalized spacial score (nSPS) is 20.8. The van der Waals surface area contributed by atoms with Gasteiger partial charge in [0.25, 0.3) is 6.02 Å². The number of amidine groups is 1. The van der Waals surface area contributed by atoms with E-state index in [4.69, 9.17) is 10.5 Å². The fourth-order valence-corrected chi connectivity index (χ4v) is 1.98. The van der Waals surface area contributed by atoms with E-state index in [1.807, 2.05) is 12.1 Å². The van der Waals surface area contributed by atoms with Gasteiger partial charge in [-0.2, -0.15) is 0 Å². The Morgan fingerprint density at radius 1 is 1.47 bits per heavy atom. The Bertz CT molecular complexity index is 402. The van der Waals surface area contributed by atoms with Crippen LogP contribution < -0.4 is 5.73 Å². The molecule has 0 spiro atoms. The highest BCUT2D eigenvalue weighted by molar-refractivity contribution is 5.72. The molecule has 1 aliphatic heterocycles. The molecule has 0 fully saturated rings. The van der Waals surface area contributed by atoms with Crippen LogP contribution in [0.3, 0.4) is 0 Å². The highest BCUT2D eigenvalue weighted by atomic mass is 19.1. The van der Waals surface area contributed by atoms with Crippen molar-refractivity contribution in [2.24, 2.45) is 10.7 Å². The fraction of sp³-hybridized carbons (Fsp3) is 0.462. The third-order valence-corrected chi connectivity index (χ3v) is 3.11. The summed E-state index contributed by atoms with van der Waals surface area (Å²) in [5, 5.41) is 0. The lowest BCUT2D eigenvalue weighted by atomic mass is 9.94. The average Bonchev–Trinajstić information content (AvgIpc) is 2.73. The number of halogens is 1. The predicted molar refractivity (Wildman–Crippen MR) is 65.4 cm³/mol. The quantitative estimate of drug-likeness (QED) is 0.872. The molecule has 0 radical (unpaired) electrons. The van der Waals surface area contributed by atoms with Gasteiger partial charge >= 0.3 is 0 Å². The first-order valence-corrected chi connectivity index (χ1v) is 5.86. The minimum Gasteiger partial charge on any atom is -0.463 e. The Morgan fingerprint density at radius 2 is 2.18 bits per heavy atom. The standard InChI is InChI=1S/C13H17FN2O/c1-9(10-3-5-11(14)6-4-10)2-7-12-8-17-13(15)16-12/h3-6,9,12H,2,7-8H2,1H3,(H2,15,16)/t9-,12+/m1/s1. The molecule has 0 bridgehead atoms. The first-order chi connectivity index (χ1) is 8.15. The zero-order valence-electron chi connectivity index (χ0n) is 9.90. The van der Waals surface area contributed by atoms with Gasteiger partial charge in [-0.3, -0.25) is 0 Å². The lowest BCUT2D eigenvalue weighted by Gasteiger charge is -2.13. The number of ether oxygens (including phenoxy) is 1. The number of aliphatic imine (C=N–C) groups is 1. The van der Waals surface area contributed by atoms with Gasteiger partial charge in [0, 0.05) is 0 Å². The van der Waals surface area contributed by atoms with E-state index in [0.717, 1.165) is 18.4 Å². The zero-order chi connectivity index (χ0) is 12.3. The van der Waals surface area contributed by atoms with Gasteiger partial charge in [-0.25, -0.2) is 9.38 Å². The van der Waals surface area contributed by atoms with Crippen LogP contribution in [0.5, 0.6) is 0 Å². The maximum atomic E-state index is 12.8. The second kappa shape index (κ2) is 5.17. The Kier molecular flexibility index (Phi) is 3.61. The van der Waals surface area contributed by atoms with E-state index in [9.17, 15) is 4.39 Å². The van der Waals surface area contributed by atoms with Crippen molar-refractivity contribution in [3.8, 4) is 0 Å². The van der Waals surface area contributed by atoms with Crippen molar-refractivity contribution in [1.82, 2.24) is 0 Å². The van der Waals surface area contributed by atoms with Crippen LogP contribution in [0.15, 0.2) is 29.3 Å². The number of rotatable bonds is 4. The van der Waals surface area contributed by atoms with Gasteiger partial charge in [-0.1, -0.05) is 19.1 Å². The molecule has 0 amide bonds. The van der Waals surface area contributed by atoms with E-state index in [1.165, 1.54) is 12.1 Å². The minimum absolute atomic E-state index is 0.179. The van der Waals surface area contributed by atoms with Crippen LogP contribution in [0.1, 0.15) is 31.2 Å². The molecule has 1 aromatic carbocycles. The van der Waals surface area contributed by atoms with Gasteiger partial charge in [0.05, 0.1) is 6.04 Å². The Morgan fingerprint density at radius 3 is 2.76 bits per heavy atom. The van der Waals surface area contributed by atoms with E-state index < -0.39 is 0 Å². The first-order valence-electron chi connectivity index (χ1n) is 5.86. The lowest BCUT2D eigenvalue weighted by molar-refractivity contribution is 0.304. The number of hydrogen-bond acceptors (Lipinski definition) is 3. The van der Waals surface area contributed by atoms with Crippen LogP contribution in [0.4, 0.5) is 4.39 Å². The summed E-state index contributed by atoms with van der Waals surface area (Å²) >= 11 is 0. The van der Waals surface area contributed by atoms with Crippen molar-refractivity contribution in [3.63, 3.8) is 0 Å². The molecule has 0 aliphatic carbocycles. The Labute approximate surface area is 100 Å². The van der Waals surface area contributed by atoms with E-state index in [1.54, 1.807) is 0 Å². The van der Waals surface area contributed by atoms with E-state index in [2.05, 4.69) is 11.9 Å². The minimum atomic E-state index is -0.192. The van der Waals surface area contributed by atoms with E-state index >= 15 is 0 Å². The lowest BCUT2D eigenvalue weighted by Crippen LogP contribution is -2.10. The topological polar surface area (TPSA) is 47.6 Å². The molecule has 1 aromatic rings. The molecular formula is C13H17FN2O. The molecule has 0 saturated heterocycles. The molecule has 2 atom stereocenters. The third kappa shape index (κ3) is 3.19. The average molecular weight is 236 g/mol. The van der Waals surface area contributed by atoms with Gasteiger partial charge in [0.1, 0.15) is 12.4 Å². The van der Waals surface area contributed by atoms with Crippen LogP contribution in [0, 0.1) is 5.82 Å². The third-order valence-electron chi connectivity index (χ3n) is 3.11. The monoisotopic (exact) mass is 236 g/mol. The molecule has 1 aliphatic rings. The molecule has 2 rings (SSSR count). The molecule has 0 aromatic heterocycles. The summed E-state index contributed by atoms with van der Waals surface area (Å²) in [5.41, 5.74) is 6.60.